The SMILES string of the molecule is CCOc1ccccc1NC(=O)C1SC(=Nc2ccccc2)C(C(=O)Nc2c(C)cccc2C)=C1N. The number of hydrogen-bond acceptors (Lipinski definition) is 6. The number of nitrogens with one attached hydrogen (secondary N) is 2. The van der Waals surface area contributed by atoms with Gasteiger partial charge in [-0.25, -0.2) is 4.99 Å². The second kappa shape index (κ2) is 11.1. The van der Waals surface area contributed by atoms with Crippen LogP contribution in [0, 0.1) is 13.8 Å². The molecule has 2 amide bonds. The standard InChI is InChI=1S/C28H28N4O3S/c1-4-35-21-16-9-8-15-20(21)31-27(34)25-23(29)22(28(36-25)30-19-13-6-5-7-14-19)26(33)32-24-17(2)11-10-12-18(24)3/h5-16,25H,4,29H2,1-3H3,(H,31,34)(H,32,33). The van der Waals surface area contributed by atoms with Crippen LogP contribution in [0.1, 0.15) is 18.1 Å². The van der Waals surface area contributed by atoms with E-state index in [2.05, 4.69) is 15.6 Å². The molecule has 0 fully saturated rings. The highest BCUT2D eigenvalue weighted by molar-refractivity contribution is 8.16. The Morgan fingerprint density at radius 1 is 0.944 bits per heavy atom. The van der Waals surface area contributed by atoms with Crippen molar-refractivity contribution in [2.45, 2.75) is 26.0 Å². The van der Waals surface area contributed by atoms with E-state index in [-0.39, 0.29) is 17.2 Å². The van der Waals surface area contributed by atoms with Crippen molar-refractivity contribution in [3.8, 4) is 5.75 Å². The topological polar surface area (TPSA) is 106 Å². The van der Waals surface area contributed by atoms with Gasteiger partial charge >= 0.3 is 0 Å². The lowest BCUT2D eigenvalue weighted by molar-refractivity contribution is -0.115. The molecule has 0 aliphatic carbocycles. The quantitative estimate of drug-likeness (QED) is 0.406. The second-order valence-corrected chi connectivity index (χ2v) is 9.31. The van der Waals surface area contributed by atoms with Crippen LogP contribution in [0.25, 0.3) is 0 Å². The number of carbonyl (C=O) groups excluding carboxylic acids is 2. The van der Waals surface area contributed by atoms with Crippen molar-refractivity contribution in [2.24, 2.45) is 10.7 Å². The number of nitrogens with zero attached hydrogens (tertiary/aromatic N) is 1. The fourth-order valence-corrected chi connectivity index (χ4v) is 4.97. The van der Waals surface area contributed by atoms with Crippen molar-refractivity contribution in [3.05, 3.63) is 95.2 Å². The van der Waals surface area contributed by atoms with Gasteiger partial charge < -0.3 is 21.1 Å². The van der Waals surface area contributed by atoms with Gasteiger partial charge in [-0.3, -0.25) is 9.59 Å². The molecular weight excluding hydrogens is 472 g/mol. The van der Waals surface area contributed by atoms with Gasteiger partial charge in [-0.2, -0.15) is 0 Å². The summed E-state index contributed by atoms with van der Waals surface area (Å²) in [5.74, 6) is -0.206. The van der Waals surface area contributed by atoms with Crippen molar-refractivity contribution in [1.82, 2.24) is 0 Å². The van der Waals surface area contributed by atoms with E-state index >= 15 is 0 Å². The maximum absolute atomic E-state index is 13.5. The molecule has 0 saturated carbocycles. The number of aryl methyl sites for hydroxylation is 2. The highest BCUT2D eigenvalue weighted by atomic mass is 32.2. The molecule has 36 heavy (non-hydrogen) atoms. The van der Waals surface area contributed by atoms with E-state index in [0.29, 0.717) is 34.5 Å². The van der Waals surface area contributed by atoms with E-state index in [4.69, 9.17) is 10.5 Å². The molecule has 184 valence electrons. The largest absolute Gasteiger partial charge is 0.492 e. The number of benzene rings is 3. The summed E-state index contributed by atoms with van der Waals surface area (Å²) in [5, 5.41) is 5.43. The van der Waals surface area contributed by atoms with Gasteiger partial charge in [0.2, 0.25) is 5.91 Å². The minimum Gasteiger partial charge on any atom is -0.492 e. The summed E-state index contributed by atoms with van der Waals surface area (Å²) in [7, 11) is 0. The molecular formula is C28H28N4O3S. The minimum atomic E-state index is -0.833. The van der Waals surface area contributed by atoms with E-state index in [9.17, 15) is 9.59 Å². The normalized spacial score (nSPS) is 16.2. The van der Waals surface area contributed by atoms with Crippen LogP contribution in [0.5, 0.6) is 5.75 Å². The molecule has 4 N–H and O–H groups in total. The van der Waals surface area contributed by atoms with Crippen LogP contribution in [0.15, 0.2) is 89.1 Å². The predicted octanol–water partition coefficient (Wildman–Crippen LogP) is 5.34. The number of amides is 2. The maximum atomic E-state index is 13.5. The molecule has 0 aromatic heterocycles. The van der Waals surface area contributed by atoms with E-state index in [0.717, 1.165) is 22.9 Å². The lowest BCUT2D eigenvalue weighted by Gasteiger charge is -2.14. The average Bonchev–Trinajstić information content (AvgIpc) is 3.19. The predicted molar refractivity (Wildman–Crippen MR) is 147 cm³/mol. The Hall–Kier alpha value is -4.04. The molecule has 0 saturated heterocycles. The Morgan fingerprint density at radius 3 is 2.31 bits per heavy atom. The summed E-state index contributed by atoms with van der Waals surface area (Å²) in [6.07, 6.45) is 0. The van der Waals surface area contributed by atoms with Crippen molar-refractivity contribution >= 4 is 45.7 Å². The highest BCUT2D eigenvalue weighted by Crippen LogP contribution is 2.37. The number of rotatable bonds is 7. The van der Waals surface area contributed by atoms with Crippen molar-refractivity contribution in [2.75, 3.05) is 17.2 Å². The smallest absolute Gasteiger partial charge is 0.260 e. The fraction of sp³-hybridized carbons (Fsp3) is 0.179. The zero-order valence-electron chi connectivity index (χ0n) is 20.4. The Kier molecular flexibility index (Phi) is 7.75. The first-order chi connectivity index (χ1) is 17.4. The second-order valence-electron chi connectivity index (χ2n) is 8.22. The molecule has 7 nitrogen and oxygen atoms in total. The van der Waals surface area contributed by atoms with Gasteiger partial charge in [-0.1, -0.05) is 60.3 Å². The van der Waals surface area contributed by atoms with Crippen LogP contribution in [0.2, 0.25) is 0 Å². The van der Waals surface area contributed by atoms with E-state index in [1.54, 1.807) is 12.1 Å². The monoisotopic (exact) mass is 500 g/mol. The third-order valence-corrected chi connectivity index (χ3v) is 6.85. The Labute approximate surface area is 214 Å². The molecule has 1 unspecified atom stereocenters. The van der Waals surface area contributed by atoms with Crippen LogP contribution in [-0.2, 0) is 9.59 Å². The molecule has 0 bridgehead atoms. The van der Waals surface area contributed by atoms with Crippen LogP contribution in [0.4, 0.5) is 17.1 Å². The van der Waals surface area contributed by atoms with Gasteiger partial charge in [0.25, 0.3) is 5.91 Å². The lowest BCUT2D eigenvalue weighted by atomic mass is 10.1. The number of carbonyl (C=O) groups is 2. The van der Waals surface area contributed by atoms with Crippen molar-refractivity contribution < 1.29 is 14.3 Å². The Bertz CT molecular complexity index is 1330. The van der Waals surface area contributed by atoms with Crippen LogP contribution in [0.3, 0.4) is 0 Å². The van der Waals surface area contributed by atoms with Gasteiger partial charge in [0.05, 0.1) is 23.6 Å². The number of aliphatic imine (C=N–C) groups is 1. The fourth-order valence-electron chi connectivity index (χ4n) is 3.85. The van der Waals surface area contributed by atoms with Gasteiger partial charge in [-0.15, -0.1) is 0 Å². The summed E-state index contributed by atoms with van der Waals surface area (Å²) in [6.45, 7) is 6.19. The molecule has 0 radical (unpaired) electrons. The summed E-state index contributed by atoms with van der Waals surface area (Å²) in [6, 6.07) is 22.2. The zero-order chi connectivity index (χ0) is 25.7. The lowest BCUT2D eigenvalue weighted by Crippen LogP contribution is -2.29. The molecule has 3 aromatic carbocycles. The Morgan fingerprint density at radius 2 is 1.61 bits per heavy atom. The third-order valence-electron chi connectivity index (χ3n) is 5.63. The number of hydrogen-bond donors (Lipinski definition) is 3. The summed E-state index contributed by atoms with van der Waals surface area (Å²) in [5.41, 5.74) is 10.6. The molecule has 0 spiro atoms. The summed E-state index contributed by atoms with van der Waals surface area (Å²) >= 11 is 1.15. The molecule has 3 aromatic rings. The first kappa shape index (κ1) is 25.1. The maximum Gasteiger partial charge on any atom is 0.260 e. The van der Waals surface area contributed by atoms with Gasteiger partial charge in [-0.05, 0) is 56.2 Å². The molecule has 1 aliphatic heterocycles. The van der Waals surface area contributed by atoms with Crippen molar-refractivity contribution in [3.63, 3.8) is 0 Å². The highest BCUT2D eigenvalue weighted by Gasteiger charge is 2.39. The van der Waals surface area contributed by atoms with Gasteiger partial charge in [0.1, 0.15) is 16.0 Å². The molecule has 1 heterocycles. The van der Waals surface area contributed by atoms with Gasteiger partial charge in [0.15, 0.2) is 0 Å². The average molecular weight is 501 g/mol. The number of thioether (sulfide) groups is 1. The third kappa shape index (κ3) is 5.44. The summed E-state index contributed by atoms with van der Waals surface area (Å²) in [4.78, 5) is 31.5. The Balaban J connectivity index is 1.68. The molecule has 4 rings (SSSR count). The molecule has 1 aliphatic rings. The van der Waals surface area contributed by atoms with E-state index in [1.165, 1.54) is 0 Å². The molecule has 8 heteroatoms. The number of nitrogens with two attached hydrogens (primary N) is 1. The van der Waals surface area contributed by atoms with E-state index < -0.39 is 11.2 Å². The summed E-state index contributed by atoms with van der Waals surface area (Å²) < 4.78 is 5.62. The van der Waals surface area contributed by atoms with E-state index in [1.807, 2.05) is 81.4 Å². The van der Waals surface area contributed by atoms with Crippen LogP contribution in [-0.4, -0.2) is 28.7 Å². The first-order valence-corrected chi connectivity index (χ1v) is 12.5. The number of para-hydroxylation sites is 4. The van der Waals surface area contributed by atoms with Gasteiger partial charge in [0, 0.05) is 11.4 Å². The number of anilines is 2. The minimum absolute atomic E-state index is 0.157. The van der Waals surface area contributed by atoms with Crippen LogP contribution >= 0.6 is 11.8 Å². The van der Waals surface area contributed by atoms with Crippen molar-refractivity contribution in [1.29, 1.82) is 0 Å². The molecule has 1 atom stereocenters. The van der Waals surface area contributed by atoms with Crippen LogP contribution < -0.4 is 21.1 Å². The zero-order valence-corrected chi connectivity index (χ0v) is 21.2. The number of ether oxygens (including phenoxy) is 1. The first-order valence-electron chi connectivity index (χ1n) is 11.6.